The van der Waals surface area contributed by atoms with E-state index in [2.05, 4.69) is 5.32 Å². The van der Waals surface area contributed by atoms with Gasteiger partial charge >= 0.3 is 11.8 Å². The highest BCUT2D eigenvalue weighted by Crippen LogP contribution is 2.41. The summed E-state index contributed by atoms with van der Waals surface area (Å²) < 4.78 is 34.9. The van der Waals surface area contributed by atoms with Crippen molar-refractivity contribution >= 4 is 51.4 Å². The highest BCUT2D eigenvalue weighted by atomic mass is 127. The van der Waals surface area contributed by atoms with Crippen LogP contribution in [-0.4, -0.2) is 21.7 Å². The van der Waals surface area contributed by atoms with Gasteiger partial charge in [0.2, 0.25) is 5.75 Å². The van der Waals surface area contributed by atoms with Gasteiger partial charge in [0.05, 0.1) is 16.3 Å². The summed E-state index contributed by atoms with van der Waals surface area (Å²) in [7, 11) is 0. The first-order valence-corrected chi connectivity index (χ1v) is 11.0. The fourth-order valence-electron chi connectivity index (χ4n) is 3.27. The third kappa shape index (κ3) is 5.71. The fourth-order valence-corrected chi connectivity index (χ4v) is 3.72. The Morgan fingerprint density at radius 1 is 1.12 bits per heavy atom. The number of carboxylic acid groups (broad SMARTS) is 1. The molecule has 0 radical (unpaired) electrons. The van der Waals surface area contributed by atoms with Crippen molar-refractivity contribution in [2.75, 3.05) is 10.2 Å². The average molecular weight is 583 g/mol. The molecule has 0 unspecified atom stereocenters. The number of nitro benzene ring substituents is 1. The zero-order chi connectivity index (χ0) is 25.2. The van der Waals surface area contributed by atoms with Gasteiger partial charge in [0.15, 0.2) is 0 Å². The van der Waals surface area contributed by atoms with Crippen molar-refractivity contribution in [2.45, 2.75) is 26.3 Å². The lowest BCUT2D eigenvalue weighted by Gasteiger charge is -2.33. The van der Waals surface area contributed by atoms with Gasteiger partial charge in [0, 0.05) is 27.3 Å². The molecule has 1 amide bonds. The molecule has 0 atom stereocenters. The monoisotopic (exact) mass is 583 g/mol. The number of hydrogen-bond donors (Lipinski definition) is 2. The van der Waals surface area contributed by atoms with Gasteiger partial charge in [0.25, 0.3) is 0 Å². The van der Waals surface area contributed by atoms with E-state index in [0.29, 0.717) is 3.57 Å². The van der Waals surface area contributed by atoms with Crippen LogP contribution in [0.3, 0.4) is 0 Å². The zero-order valence-corrected chi connectivity index (χ0v) is 20.5. The van der Waals surface area contributed by atoms with Gasteiger partial charge < -0.3 is 15.2 Å². The van der Waals surface area contributed by atoms with E-state index in [4.69, 9.17) is 4.74 Å². The molecule has 178 valence electrons. The highest BCUT2D eigenvalue weighted by Gasteiger charge is 2.29. The number of nitrogens with one attached hydrogen (secondary N) is 1. The molecule has 0 aliphatic heterocycles. The summed E-state index contributed by atoms with van der Waals surface area (Å²) in [5, 5.41) is 24.0. The fraction of sp³-hybridized carbons (Fsp3) is 0.174. The van der Waals surface area contributed by atoms with Crippen LogP contribution in [0.25, 0.3) is 0 Å². The van der Waals surface area contributed by atoms with Crippen molar-refractivity contribution in [3.8, 4) is 11.5 Å². The van der Waals surface area contributed by atoms with Gasteiger partial charge in [-0.1, -0.05) is 6.07 Å². The number of halogens is 3. The summed E-state index contributed by atoms with van der Waals surface area (Å²) in [6.45, 7) is 5.11. The second-order valence-corrected chi connectivity index (χ2v) is 9.44. The molecule has 2 N–H and O–H groups in total. The molecule has 0 saturated heterocycles. The topological polar surface area (TPSA) is 105 Å². The lowest BCUT2D eigenvalue weighted by atomic mass is 10.1. The van der Waals surface area contributed by atoms with Crippen LogP contribution in [-0.2, 0) is 0 Å². The Morgan fingerprint density at radius 2 is 1.82 bits per heavy atom. The minimum absolute atomic E-state index is 0.0492. The van der Waals surface area contributed by atoms with Crippen molar-refractivity contribution in [3.05, 3.63) is 79.9 Å². The third-order valence-electron chi connectivity index (χ3n) is 4.59. The van der Waals surface area contributed by atoms with Gasteiger partial charge in [-0.15, -0.1) is 0 Å². The first kappa shape index (κ1) is 25.1. The highest BCUT2D eigenvalue weighted by molar-refractivity contribution is 14.1. The molecule has 0 saturated carbocycles. The van der Waals surface area contributed by atoms with Crippen molar-refractivity contribution in [1.82, 2.24) is 0 Å². The number of nitrogens with zero attached hydrogens (tertiary/aromatic N) is 2. The molecular weight excluding hydrogens is 563 g/mol. The molecule has 0 bridgehead atoms. The van der Waals surface area contributed by atoms with Crippen LogP contribution in [0.4, 0.5) is 36.3 Å². The Kier molecular flexibility index (Phi) is 7.24. The van der Waals surface area contributed by atoms with E-state index in [9.17, 15) is 28.8 Å². The Hall–Kier alpha value is -3.48. The molecule has 34 heavy (non-hydrogen) atoms. The summed E-state index contributed by atoms with van der Waals surface area (Å²) in [6, 6.07) is 11.8. The molecule has 3 rings (SSSR count). The van der Waals surface area contributed by atoms with E-state index < -0.39 is 39.6 Å². The molecule has 0 heterocycles. The smallest absolute Gasteiger partial charge is 0.412 e. The Bertz CT molecular complexity index is 1260. The molecule has 8 nitrogen and oxygen atoms in total. The Balaban J connectivity index is 2.04. The van der Waals surface area contributed by atoms with Crippen molar-refractivity contribution < 1.29 is 28.3 Å². The molecule has 0 aromatic heterocycles. The van der Waals surface area contributed by atoms with Gasteiger partial charge in [-0.3, -0.25) is 15.0 Å². The normalized spacial score (nSPS) is 11.1. The number of rotatable bonds is 6. The number of carbonyl (C=O) groups is 1. The van der Waals surface area contributed by atoms with Crippen LogP contribution in [0.2, 0.25) is 0 Å². The number of anilines is 3. The maximum atomic E-state index is 14.4. The lowest BCUT2D eigenvalue weighted by molar-refractivity contribution is -0.384. The second-order valence-electron chi connectivity index (χ2n) is 8.19. The summed E-state index contributed by atoms with van der Waals surface area (Å²) in [4.78, 5) is 24.0. The zero-order valence-electron chi connectivity index (χ0n) is 18.3. The molecule has 0 fully saturated rings. The molecule has 11 heteroatoms. The Morgan fingerprint density at radius 3 is 2.41 bits per heavy atom. The van der Waals surface area contributed by atoms with E-state index in [1.807, 2.05) is 22.6 Å². The first-order valence-electron chi connectivity index (χ1n) is 9.88. The van der Waals surface area contributed by atoms with Gasteiger partial charge in [-0.05, 0) is 73.7 Å². The quantitative estimate of drug-likeness (QED) is 0.179. The molecular formula is C23H20F2IN3O5. The minimum atomic E-state index is -1.20. The van der Waals surface area contributed by atoms with E-state index >= 15 is 0 Å². The van der Waals surface area contributed by atoms with E-state index in [0.717, 1.165) is 17.0 Å². The largest absolute Gasteiger partial charge is 0.465 e. The van der Waals surface area contributed by atoms with Crippen LogP contribution in [0.5, 0.6) is 11.5 Å². The maximum Gasteiger partial charge on any atom is 0.412 e. The third-order valence-corrected chi connectivity index (χ3v) is 5.26. The van der Waals surface area contributed by atoms with Crippen LogP contribution < -0.4 is 15.0 Å². The number of nitro groups is 1. The number of ether oxygens (including phenoxy) is 1. The summed E-state index contributed by atoms with van der Waals surface area (Å²) in [6.07, 6.45) is -1.20. The standard InChI is InChI=1S/C23H20F2IN3O5/c1-23(2,3)28(22(30)31)15-5-4-6-16(12-15)34-20-10-13(24)9-19(21(20)29(32)33)27-18-8-7-14(26)11-17(18)25/h4-12,27H,1-3H3,(H,30,31). The molecule has 0 spiro atoms. The SMILES string of the molecule is CC(C)(C)N(C(=O)O)c1cccc(Oc2cc(F)cc(Nc3ccc(I)cc3F)c2[N+](=O)[O-])c1. The second kappa shape index (κ2) is 9.79. The van der Waals surface area contributed by atoms with Crippen LogP contribution in [0, 0.1) is 25.3 Å². The van der Waals surface area contributed by atoms with Crippen molar-refractivity contribution in [1.29, 1.82) is 0 Å². The van der Waals surface area contributed by atoms with Crippen molar-refractivity contribution in [2.24, 2.45) is 0 Å². The van der Waals surface area contributed by atoms with Crippen LogP contribution in [0.15, 0.2) is 54.6 Å². The van der Waals surface area contributed by atoms with E-state index in [1.165, 1.54) is 30.3 Å². The number of hydrogen-bond acceptors (Lipinski definition) is 5. The first-order chi connectivity index (χ1) is 15.9. The van der Waals surface area contributed by atoms with Crippen molar-refractivity contribution in [3.63, 3.8) is 0 Å². The number of benzene rings is 3. The van der Waals surface area contributed by atoms with E-state index in [1.54, 1.807) is 32.9 Å². The van der Waals surface area contributed by atoms with Crippen LogP contribution in [0.1, 0.15) is 20.8 Å². The van der Waals surface area contributed by atoms with E-state index in [-0.39, 0.29) is 22.8 Å². The molecule has 0 aliphatic rings. The molecule has 3 aromatic carbocycles. The predicted octanol–water partition coefficient (Wildman–Crippen LogP) is 7.30. The molecule has 3 aromatic rings. The van der Waals surface area contributed by atoms with Crippen LogP contribution >= 0.6 is 22.6 Å². The summed E-state index contributed by atoms with van der Waals surface area (Å²) >= 11 is 1.91. The summed E-state index contributed by atoms with van der Waals surface area (Å²) in [5.74, 6) is -1.91. The van der Waals surface area contributed by atoms with Gasteiger partial charge in [0.1, 0.15) is 23.1 Å². The van der Waals surface area contributed by atoms with Gasteiger partial charge in [-0.25, -0.2) is 13.6 Å². The average Bonchev–Trinajstić information content (AvgIpc) is 2.68. The maximum absolute atomic E-state index is 14.4. The molecule has 0 aliphatic carbocycles. The minimum Gasteiger partial charge on any atom is -0.465 e. The predicted molar refractivity (Wildman–Crippen MR) is 132 cm³/mol. The van der Waals surface area contributed by atoms with Gasteiger partial charge in [-0.2, -0.15) is 0 Å². The summed E-state index contributed by atoms with van der Waals surface area (Å²) in [5.41, 5.74) is -1.53. The number of amides is 1. The lowest BCUT2D eigenvalue weighted by Crippen LogP contribution is -2.45. The Labute approximate surface area is 207 Å².